The van der Waals surface area contributed by atoms with E-state index < -0.39 is 5.82 Å². The maximum Gasteiger partial charge on any atom is 0.253 e. The van der Waals surface area contributed by atoms with E-state index in [1.807, 2.05) is 0 Å². The predicted octanol–water partition coefficient (Wildman–Crippen LogP) is 4.06. The lowest BCUT2D eigenvalue weighted by molar-refractivity contribution is 0.0797. The van der Waals surface area contributed by atoms with Crippen molar-refractivity contribution in [2.24, 2.45) is 0 Å². The Balaban J connectivity index is 1.98. The largest absolute Gasteiger partial charge is 0.480 e. The summed E-state index contributed by atoms with van der Waals surface area (Å²) in [5.41, 5.74) is 1.90. The van der Waals surface area contributed by atoms with Crippen molar-refractivity contribution in [3.05, 3.63) is 65.1 Å². The second kappa shape index (κ2) is 7.93. The average molecular weight is 349 g/mol. The predicted molar refractivity (Wildman–Crippen MR) is 92.8 cm³/mol. The highest BCUT2D eigenvalue weighted by molar-refractivity contribution is 6.32. The molecular formula is C18H18ClFN2O2. The van der Waals surface area contributed by atoms with E-state index in [1.165, 1.54) is 30.2 Å². The number of rotatable bonds is 6. The molecule has 0 aliphatic rings. The van der Waals surface area contributed by atoms with Crippen molar-refractivity contribution in [2.75, 3.05) is 20.7 Å². The van der Waals surface area contributed by atoms with E-state index in [2.05, 4.69) is 11.6 Å². The highest BCUT2D eigenvalue weighted by Crippen LogP contribution is 2.26. The van der Waals surface area contributed by atoms with Crippen LogP contribution in [0.3, 0.4) is 0 Å². The summed E-state index contributed by atoms with van der Waals surface area (Å²) in [6, 6.07) is 7.36. The fourth-order valence-electron chi connectivity index (χ4n) is 2.16. The van der Waals surface area contributed by atoms with Gasteiger partial charge in [0.05, 0.1) is 7.11 Å². The van der Waals surface area contributed by atoms with Crippen molar-refractivity contribution >= 4 is 23.1 Å². The minimum atomic E-state index is -0.433. The lowest BCUT2D eigenvalue weighted by atomic mass is 10.1. The van der Waals surface area contributed by atoms with Crippen molar-refractivity contribution in [2.45, 2.75) is 6.42 Å². The number of nitrogens with zero attached hydrogens (tertiary/aromatic N) is 2. The first-order valence-electron chi connectivity index (χ1n) is 7.31. The molecule has 4 nitrogen and oxygen atoms in total. The van der Waals surface area contributed by atoms with Gasteiger partial charge in [0.15, 0.2) is 0 Å². The van der Waals surface area contributed by atoms with Gasteiger partial charge in [-0.2, -0.15) is 0 Å². The van der Waals surface area contributed by atoms with Crippen LogP contribution in [-0.4, -0.2) is 36.5 Å². The van der Waals surface area contributed by atoms with E-state index in [-0.39, 0.29) is 5.91 Å². The van der Waals surface area contributed by atoms with Gasteiger partial charge < -0.3 is 9.64 Å². The number of carbonyl (C=O) groups is 1. The summed E-state index contributed by atoms with van der Waals surface area (Å²) in [7, 11) is 3.16. The SMILES string of the molecule is C=C(CCN(C)C(=O)c1cccc(F)c1)c1cnc(OC)c(Cl)c1. The number of ether oxygens (including phenoxy) is 1. The molecule has 1 amide bonds. The molecule has 126 valence electrons. The maximum atomic E-state index is 13.2. The van der Waals surface area contributed by atoms with Crippen LogP contribution in [0.25, 0.3) is 5.57 Å². The Hall–Kier alpha value is -2.40. The number of carbonyl (C=O) groups excluding carboxylic acids is 1. The molecule has 2 rings (SSSR count). The van der Waals surface area contributed by atoms with E-state index in [4.69, 9.17) is 16.3 Å². The molecule has 0 fully saturated rings. The van der Waals surface area contributed by atoms with Crippen LogP contribution >= 0.6 is 11.6 Å². The number of benzene rings is 1. The van der Waals surface area contributed by atoms with E-state index >= 15 is 0 Å². The molecule has 0 saturated heterocycles. The van der Waals surface area contributed by atoms with Gasteiger partial charge in [-0.25, -0.2) is 9.37 Å². The molecule has 0 atom stereocenters. The Morgan fingerprint density at radius 1 is 1.38 bits per heavy atom. The van der Waals surface area contributed by atoms with Crippen LogP contribution < -0.4 is 4.74 Å². The zero-order valence-electron chi connectivity index (χ0n) is 13.6. The van der Waals surface area contributed by atoms with Crippen LogP contribution in [0.2, 0.25) is 5.02 Å². The van der Waals surface area contributed by atoms with E-state index in [0.29, 0.717) is 29.4 Å². The molecule has 6 heteroatoms. The van der Waals surface area contributed by atoms with Gasteiger partial charge in [0.1, 0.15) is 10.8 Å². The fourth-order valence-corrected chi connectivity index (χ4v) is 2.40. The lowest BCUT2D eigenvalue weighted by Crippen LogP contribution is -2.27. The van der Waals surface area contributed by atoms with Gasteiger partial charge in [-0.1, -0.05) is 24.2 Å². The molecule has 0 aliphatic heterocycles. The van der Waals surface area contributed by atoms with Crippen LogP contribution in [0.15, 0.2) is 43.1 Å². The fraction of sp³-hybridized carbons (Fsp3) is 0.222. The third-order valence-electron chi connectivity index (χ3n) is 3.58. The topological polar surface area (TPSA) is 42.4 Å². The molecule has 0 unspecified atom stereocenters. The van der Waals surface area contributed by atoms with Crippen LogP contribution in [0, 0.1) is 5.82 Å². The smallest absolute Gasteiger partial charge is 0.253 e. The molecule has 1 heterocycles. The quantitative estimate of drug-likeness (QED) is 0.790. The Kier molecular flexibility index (Phi) is 5.93. The molecule has 2 aromatic rings. The molecule has 0 aliphatic carbocycles. The molecule has 0 spiro atoms. The standard InChI is InChI=1S/C18H18ClFN2O2/c1-12(14-10-16(19)17(24-3)21-11-14)7-8-22(2)18(23)13-5-4-6-15(20)9-13/h4-6,9-11H,1,7-8H2,2-3H3. The second-order valence-electron chi connectivity index (χ2n) is 5.31. The van der Waals surface area contributed by atoms with Gasteiger partial charge >= 0.3 is 0 Å². The number of hydrogen-bond acceptors (Lipinski definition) is 3. The normalized spacial score (nSPS) is 10.3. The third-order valence-corrected chi connectivity index (χ3v) is 3.85. The minimum Gasteiger partial charge on any atom is -0.480 e. The number of hydrogen-bond donors (Lipinski definition) is 0. The van der Waals surface area contributed by atoms with Gasteiger partial charge in [-0.05, 0) is 41.8 Å². The van der Waals surface area contributed by atoms with Crippen LogP contribution in [0.5, 0.6) is 5.88 Å². The number of pyridine rings is 1. The summed E-state index contributed by atoms with van der Waals surface area (Å²) in [6.07, 6.45) is 2.17. The Bertz CT molecular complexity index is 764. The molecule has 0 N–H and O–H groups in total. The van der Waals surface area contributed by atoms with Crippen LogP contribution in [0.4, 0.5) is 4.39 Å². The number of methoxy groups -OCH3 is 1. The Morgan fingerprint density at radius 3 is 2.75 bits per heavy atom. The van der Waals surface area contributed by atoms with Gasteiger partial charge in [-0.3, -0.25) is 4.79 Å². The molecule has 1 aromatic heterocycles. The molecular weight excluding hydrogens is 331 g/mol. The summed E-state index contributed by atoms with van der Waals surface area (Å²) in [5, 5.41) is 0.403. The highest BCUT2D eigenvalue weighted by Gasteiger charge is 2.13. The van der Waals surface area contributed by atoms with Crippen molar-refractivity contribution in [1.29, 1.82) is 0 Å². The molecule has 0 saturated carbocycles. The number of halogens is 2. The second-order valence-corrected chi connectivity index (χ2v) is 5.71. The number of amides is 1. The van der Waals surface area contributed by atoms with E-state index in [9.17, 15) is 9.18 Å². The first-order chi connectivity index (χ1) is 11.4. The summed E-state index contributed by atoms with van der Waals surface area (Å²) >= 11 is 6.05. The van der Waals surface area contributed by atoms with Gasteiger partial charge in [0.2, 0.25) is 5.88 Å². The number of aromatic nitrogens is 1. The summed E-state index contributed by atoms with van der Waals surface area (Å²) in [4.78, 5) is 17.9. The average Bonchev–Trinajstić information content (AvgIpc) is 2.58. The van der Waals surface area contributed by atoms with Crippen molar-refractivity contribution in [3.8, 4) is 5.88 Å². The monoisotopic (exact) mass is 348 g/mol. The third kappa shape index (κ3) is 4.32. The van der Waals surface area contributed by atoms with Gasteiger partial charge in [0.25, 0.3) is 5.91 Å². The minimum absolute atomic E-state index is 0.242. The van der Waals surface area contributed by atoms with Crippen LogP contribution in [0.1, 0.15) is 22.3 Å². The zero-order chi connectivity index (χ0) is 17.7. The summed E-state index contributed by atoms with van der Waals surface area (Å²) < 4.78 is 18.2. The van der Waals surface area contributed by atoms with E-state index in [0.717, 1.165) is 11.1 Å². The van der Waals surface area contributed by atoms with Crippen molar-refractivity contribution in [3.63, 3.8) is 0 Å². The van der Waals surface area contributed by atoms with Gasteiger partial charge in [-0.15, -0.1) is 0 Å². The Morgan fingerprint density at radius 2 is 2.12 bits per heavy atom. The van der Waals surface area contributed by atoms with Crippen LogP contribution in [-0.2, 0) is 0 Å². The molecule has 0 radical (unpaired) electrons. The summed E-state index contributed by atoms with van der Waals surface area (Å²) in [6.45, 7) is 4.44. The lowest BCUT2D eigenvalue weighted by Gasteiger charge is -2.18. The Labute approximate surface area is 145 Å². The van der Waals surface area contributed by atoms with Gasteiger partial charge in [0, 0.05) is 25.4 Å². The molecule has 0 bridgehead atoms. The molecule has 24 heavy (non-hydrogen) atoms. The van der Waals surface area contributed by atoms with E-state index in [1.54, 1.807) is 25.4 Å². The van der Waals surface area contributed by atoms with Crippen molar-refractivity contribution < 1.29 is 13.9 Å². The zero-order valence-corrected chi connectivity index (χ0v) is 14.3. The summed E-state index contributed by atoms with van der Waals surface area (Å²) in [5.74, 6) is -0.322. The maximum absolute atomic E-state index is 13.2. The highest BCUT2D eigenvalue weighted by atomic mass is 35.5. The molecule has 1 aromatic carbocycles. The first-order valence-corrected chi connectivity index (χ1v) is 7.69. The van der Waals surface area contributed by atoms with Crippen molar-refractivity contribution in [1.82, 2.24) is 9.88 Å². The first kappa shape index (κ1) is 17.9.